The first kappa shape index (κ1) is 19.0. The van der Waals surface area contributed by atoms with Gasteiger partial charge in [0.15, 0.2) is 0 Å². The van der Waals surface area contributed by atoms with Gasteiger partial charge in [0.25, 0.3) is 0 Å². The molecular weight excluding hydrogens is 338 g/mol. The molecule has 2 aromatic carbocycles. The molecule has 0 saturated heterocycles. The summed E-state index contributed by atoms with van der Waals surface area (Å²) in [6, 6.07) is 13.0. The second-order valence-electron chi connectivity index (χ2n) is 7.17. The van der Waals surface area contributed by atoms with Gasteiger partial charge >= 0.3 is 0 Å². The van der Waals surface area contributed by atoms with Crippen molar-refractivity contribution in [1.29, 1.82) is 0 Å². The molecule has 5 heteroatoms. The normalized spacial score (nSPS) is 20.4. The van der Waals surface area contributed by atoms with Gasteiger partial charge in [-0.3, -0.25) is 9.98 Å². The molecule has 0 aromatic heterocycles. The molecule has 5 nitrogen and oxygen atoms in total. The largest absolute Gasteiger partial charge is 0.507 e. The molecule has 2 N–H and O–H groups in total. The van der Waals surface area contributed by atoms with Crippen LogP contribution >= 0.6 is 0 Å². The van der Waals surface area contributed by atoms with Crippen LogP contribution in [0.3, 0.4) is 0 Å². The Labute approximate surface area is 160 Å². The summed E-state index contributed by atoms with van der Waals surface area (Å²) in [5.41, 5.74) is 2.39. The van der Waals surface area contributed by atoms with Crippen molar-refractivity contribution in [3.05, 3.63) is 53.6 Å². The van der Waals surface area contributed by atoms with E-state index >= 15 is 0 Å². The third-order valence-electron chi connectivity index (χ3n) is 4.97. The van der Waals surface area contributed by atoms with E-state index in [0.29, 0.717) is 0 Å². The van der Waals surface area contributed by atoms with Crippen LogP contribution in [0.1, 0.15) is 36.8 Å². The maximum Gasteiger partial charge on any atom is 0.126 e. The van der Waals surface area contributed by atoms with Gasteiger partial charge in [-0.25, -0.2) is 0 Å². The Bertz CT molecular complexity index is 830. The molecule has 0 bridgehead atoms. The van der Waals surface area contributed by atoms with E-state index in [4.69, 9.17) is 9.98 Å². The maximum absolute atomic E-state index is 10.2. The Morgan fingerprint density at radius 3 is 2.00 bits per heavy atom. The number of hydrogen-bond acceptors (Lipinski definition) is 5. The Kier molecular flexibility index (Phi) is 6.12. The summed E-state index contributed by atoms with van der Waals surface area (Å²) >= 11 is 0. The molecular formula is C22H27N3O2. The maximum atomic E-state index is 10.2. The predicted octanol–water partition coefficient (Wildman–Crippen LogP) is 4.01. The van der Waals surface area contributed by atoms with Crippen LogP contribution in [0.15, 0.2) is 52.4 Å². The summed E-state index contributed by atoms with van der Waals surface area (Å²) < 4.78 is 0. The van der Waals surface area contributed by atoms with Gasteiger partial charge in [-0.2, -0.15) is 0 Å². The zero-order chi connectivity index (χ0) is 19.2. The van der Waals surface area contributed by atoms with Crippen LogP contribution in [0.5, 0.6) is 11.5 Å². The molecule has 27 heavy (non-hydrogen) atoms. The molecule has 1 fully saturated rings. The minimum atomic E-state index is 0.0915. The number of anilines is 1. The first-order valence-corrected chi connectivity index (χ1v) is 9.39. The van der Waals surface area contributed by atoms with Crippen LogP contribution in [0, 0.1) is 0 Å². The lowest BCUT2D eigenvalue weighted by atomic mass is 9.91. The summed E-state index contributed by atoms with van der Waals surface area (Å²) in [5.74, 6) is 0.470. The second-order valence-corrected chi connectivity index (χ2v) is 7.17. The lowest BCUT2D eigenvalue weighted by Gasteiger charge is -2.25. The fourth-order valence-electron chi connectivity index (χ4n) is 3.31. The Morgan fingerprint density at radius 2 is 1.44 bits per heavy atom. The molecule has 0 heterocycles. The fourth-order valence-corrected chi connectivity index (χ4v) is 3.31. The zero-order valence-corrected chi connectivity index (χ0v) is 15.9. The first-order valence-electron chi connectivity index (χ1n) is 9.39. The van der Waals surface area contributed by atoms with Gasteiger partial charge in [0, 0.05) is 49.4 Å². The van der Waals surface area contributed by atoms with Crippen molar-refractivity contribution < 1.29 is 10.2 Å². The van der Waals surface area contributed by atoms with Crippen molar-refractivity contribution in [3.8, 4) is 11.5 Å². The van der Waals surface area contributed by atoms with E-state index in [1.807, 2.05) is 43.3 Å². The van der Waals surface area contributed by atoms with Gasteiger partial charge < -0.3 is 15.1 Å². The van der Waals surface area contributed by atoms with Gasteiger partial charge in [-0.05, 0) is 37.1 Å². The highest BCUT2D eigenvalue weighted by Crippen LogP contribution is 2.26. The van der Waals surface area contributed by atoms with Crippen molar-refractivity contribution in [2.45, 2.75) is 37.8 Å². The second kappa shape index (κ2) is 8.71. The van der Waals surface area contributed by atoms with Crippen molar-refractivity contribution in [1.82, 2.24) is 0 Å². The number of hydrogen-bond donors (Lipinski definition) is 2. The smallest absolute Gasteiger partial charge is 0.126 e. The number of aliphatic imine (C=N–C) groups is 2. The summed E-state index contributed by atoms with van der Waals surface area (Å²) in [6.45, 7) is 0. The number of aromatic hydroxyl groups is 2. The van der Waals surface area contributed by atoms with Crippen LogP contribution in [-0.4, -0.2) is 48.8 Å². The number of benzene rings is 2. The zero-order valence-electron chi connectivity index (χ0n) is 15.9. The number of rotatable bonds is 5. The van der Waals surface area contributed by atoms with Crippen molar-refractivity contribution >= 4 is 18.1 Å². The highest BCUT2D eigenvalue weighted by atomic mass is 16.3. The highest BCUT2D eigenvalue weighted by molar-refractivity contribution is 5.85. The van der Waals surface area contributed by atoms with Gasteiger partial charge in [0.1, 0.15) is 11.5 Å². The molecule has 2 atom stereocenters. The van der Waals surface area contributed by atoms with Crippen LogP contribution in [0.25, 0.3) is 0 Å². The Hall–Kier alpha value is -2.82. The van der Waals surface area contributed by atoms with Gasteiger partial charge in [0.05, 0.1) is 12.1 Å². The molecule has 2 aromatic rings. The number of nitrogens with zero attached hydrogens (tertiary/aromatic N) is 3. The molecule has 1 aliphatic carbocycles. The van der Waals surface area contributed by atoms with Crippen molar-refractivity contribution in [2.75, 3.05) is 19.0 Å². The molecule has 1 saturated carbocycles. The van der Waals surface area contributed by atoms with E-state index in [2.05, 4.69) is 0 Å². The Balaban J connectivity index is 1.74. The van der Waals surface area contributed by atoms with Crippen LogP contribution in [-0.2, 0) is 0 Å². The molecule has 0 unspecified atom stereocenters. The van der Waals surface area contributed by atoms with E-state index in [1.54, 1.807) is 30.6 Å². The first-order chi connectivity index (χ1) is 13.0. The van der Waals surface area contributed by atoms with Gasteiger partial charge in [-0.1, -0.05) is 25.0 Å². The van der Waals surface area contributed by atoms with E-state index in [9.17, 15) is 10.2 Å². The van der Waals surface area contributed by atoms with E-state index in [1.165, 1.54) is 0 Å². The van der Waals surface area contributed by atoms with Crippen LogP contribution in [0.4, 0.5) is 5.69 Å². The van der Waals surface area contributed by atoms with Gasteiger partial charge in [-0.15, -0.1) is 0 Å². The predicted molar refractivity (Wildman–Crippen MR) is 112 cm³/mol. The molecule has 0 spiro atoms. The van der Waals surface area contributed by atoms with Crippen LogP contribution < -0.4 is 4.90 Å². The van der Waals surface area contributed by atoms with Gasteiger partial charge in [0.2, 0.25) is 0 Å². The molecule has 1 aliphatic rings. The van der Waals surface area contributed by atoms with Crippen molar-refractivity contribution in [3.63, 3.8) is 0 Å². The molecule has 0 aliphatic heterocycles. The minimum absolute atomic E-state index is 0.0915. The number of para-hydroxylation sites is 1. The average molecular weight is 365 g/mol. The quantitative estimate of drug-likeness (QED) is 0.787. The Morgan fingerprint density at radius 1 is 0.852 bits per heavy atom. The molecule has 0 amide bonds. The standard InChI is InChI=1S/C22H27N3O2/c1-25(2)18-12-11-17(22(27)13-18)15-24-20-9-5-4-8-19(20)23-14-16-7-3-6-10-21(16)26/h3,6-7,10-15,19-20,26-27H,4-5,8-9H2,1-2H3/b23-14+,24-15+/t19-,20-/m1/s1. The SMILES string of the molecule is CN(C)c1ccc(/C=N/[C@@H]2CCCC[C@H]2/N=C/c2ccccc2O)c(O)c1. The number of phenols is 2. The van der Waals surface area contributed by atoms with E-state index in [-0.39, 0.29) is 23.6 Å². The van der Waals surface area contributed by atoms with E-state index in [0.717, 1.165) is 42.5 Å². The monoisotopic (exact) mass is 365 g/mol. The highest BCUT2D eigenvalue weighted by Gasteiger charge is 2.23. The summed E-state index contributed by atoms with van der Waals surface area (Å²) in [6.07, 6.45) is 7.74. The summed E-state index contributed by atoms with van der Waals surface area (Å²) in [5, 5.41) is 20.1. The molecule has 3 rings (SSSR count). The van der Waals surface area contributed by atoms with E-state index < -0.39 is 0 Å². The minimum Gasteiger partial charge on any atom is -0.507 e. The third kappa shape index (κ3) is 4.88. The van der Waals surface area contributed by atoms with Crippen molar-refractivity contribution in [2.24, 2.45) is 9.98 Å². The third-order valence-corrected chi connectivity index (χ3v) is 4.97. The molecule has 142 valence electrons. The topological polar surface area (TPSA) is 68.4 Å². The van der Waals surface area contributed by atoms with Crippen LogP contribution in [0.2, 0.25) is 0 Å². The number of phenolic OH excluding ortho intramolecular Hbond substituents is 2. The lowest BCUT2D eigenvalue weighted by molar-refractivity contribution is 0.390. The molecule has 0 radical (unpaired) electrons. The summed E-state index contributed by atoms with van der Waals surface area (Å²) in [7, 11) is 3.88. The fraction of sp³-hybridized carbons (Fsp3) is 0.364. The summed E-state index contributed by atoms with van der Waals surface area (Å²) in [4.78, 5) is 11.4. The lowest BCUT2D eigenvalue weighted by Crippen LogP contribution is -2.27. The average Bonchev–Trinajstić information content (AvgIpc) is 2.67.